The maximum atomic E-state index is 14.2. The molecule has 0 bridgehead atoms. The number of rotatable bonds is 11. The fraction of sp³-hybridized carbons (Fsp3) is 0.179. The second kappa shape index (κ2) is 15.4. The van der Waals surface area contributed by atoms with Crippen LogP contribution in [0.4, 0.5) is 0 Å². The molecule has 0 fully saturated rings. The first-order chi connectivity index (χ1) is 23.9. The fourth-order valence-electron chi connectivity index (χ4n) is 5.47. The maximum absolute atomic E-state index is 14.2. The Morgan fingerprint density at radius 2 is 1.53 bits per heavy atom. The van der Waals surface area contributed by atoms with E-state index in [9.17, 15) is 14.4 Å². The van der Waals surface area contributed by atoms with Crippen LogP contribution in [0, 0.1) is 0 Å². The summed E-state index contributed by atoms with van der Waals surface area (Å²) < 4.78 is 18.7. The van der Waals surface area contributed by atoms with E-state index in [4.69, 9.17) is 19.2 Å². The Morgan fingerprint density at radius 3 is 2.18 bits per heavy atom. The van der Waals surface area contributed by atoms with E-state index in [0.29, 0.717) is 45.1 Å². The van der Waals surface area contributed by atoms with E-state index < -0.39 is 12.0 Å². The third-order valence-corrected chi connectivity index (χ3v) is 9.58. The van der Waals surface area contributed by atoms with Gasteiger partial charge in [0.1, 0.15) is 12.4 Å². The molecule has 1 aromatic heterocycles. The molecule has 10 heteroatoms. The van der Waals surface area contributed by atoms with Crippen LogP contribution in [0.2, 0.25) is 0 Å². The Morgan fingerprint density at radius 1 is 0.857 bits per heavy atom. The molecule has 1 atom stereocenters. The zero-order valence-corrected chi connectivity index (χ0v) is 28.9. The van der Waals surface area contributed by atoms with Crippen molar-refractivity contribution in [2.75, 3.05) is 19.5 Å². The lowest BCUT2D eigenvalue weighted by Gasteiger charge is -2.26. The van der Waals surface area contributed by atoms with Gasteiger partial charge in [0.05, 0.1) is 40.6 Å². The number of thiazole rings is 1. The summed E-state index contributed by atoms with van der Waals surface area (Å²) in [4.78, 5) is 46.2. The smallest absolute Gasteiger partial charge is 0.338 e. The summed E-state index contributed by atoms with van der Waals surface area (Å²) in [6, 6.07) is 31.2. The molecule has 0 unspecified atom stereocenters. The van der Waals surface area contributed by atoms with Gasteiger partial charge in [-0.1, -0.05) is 78.1 Å². The van der Waals surface area contributed by atoms with Gasteiger partial charge < -0.3 is 14.2 Å². The van der Waals surface area contributed by atoms with Crippen LogP contribution in [0.15, 0.2) is 123 Å². The molecule has 248 valence electrons. The first-order valence-electron chi connectivity index (χ1n) is 15.8. The minimum atomic E-state index is -0.731. The zero-order valence-electron chi connectivity index (χ0n) is 27.3. The number of carbonyl (C=O) groups excluding carboxylic acids is 2. The summed E-state index contributed by atoms with van der Waals surface area (Å²) in [6.45, 7) is 4.38. The average Bonchev–Trinajstić information content (AvgIpc) is 3.45. The second-order valence-electron chi connectivity index (χ2n) is 11.0. The lowest BCUT2D eigenvalue weighted by Crippen LogP contribution is -2.40. The predicted molar refractivity (Wildman–Crippen MR) is 192 cm³/mol. The van der Waals surface area contributed by atoms with Crippen LogP contribution in [0.5, 0.6) is 5.75 Å². The average molecular weight is 691 g/mol. The molecule has 0 aliphatic carbocycles. The highest BCUT2D eigenvalue weighted by Crippen LogP contribution is 2.35. The van der Waals surface area contributed by atoms with Crippen molar-refractivity contribution in [3.63, 3.8) is 0 Å². The van der Waals surface area contributed by atoms with E-state index in [1.54, 1.807) is 42.3 Å². The highest BCUT2D eigenvalue weighted by molar-refractivity contribution is 7.98. The van der Waals surface area contributed by atoms with Gasteiger partial charge in [0.2, 0.25) is 0 Å². The number of hydrogen-bond acceptors (Lipinski definition) is 9. The summed E-state index contributed by atoms with van der Waals surface area (Å²) in [5.74, 6) is -0.202. The van der Waals surface area contributed by atoms with Crippen molar-refractivity contribution < 1.29 is 23.8 Å². The number of esters is 2. The predicted octanol–water partition coefficient (Wildman–Crippen LogP) is 6.41. The van der Waals surface area contributed by atoms with Crippen LogP contribution in [-0.2, 0) is 20.9 Å². The largest absolute Gasteiger partial charge is 0.489 e. The Balaban J connectivity index is 1.34. The van der Waals surface area contributed by atoms with Gasteiger partial charge in [0.25, 0.3) is 5.56 Å². The van der Waals surface area contributed by atoms with E-state index in [1.807, 2.05) is 103 Å². The maximum Gasteiger partial charge on any atom is 0.338 e. The van der Waals surface area contributed by atoms with Gasteiger partial charge in [0.15, 0.2) is 4.80 Å². The lowest BCUT2D eigenvalue weighted by atomic mass is 9.93. The number of ether oxygens (including phenoxy) is 3. The third-order valence-electron chi connectivity index (χ3n) is 7.85. The molecule has 0 saturated carbocycles. The minimum Gasteiger partial charge on any atom is -0.489 e. The molecule has 0 N–H and O–H groups in total. The van der Waals surface area contributed by atoms with Crippen molar-refractivity contribution in [3.8, 4) is 5.75 Å². The van der Waals surface area contributed by atoms with Gasteiger partial charge in [-0.2, -0.15) is 0 Å². The Hall–Kier alpha value is -5.19. The van der Waals surface area contributed by atoms with Crippen LogP contribution < -0.4 is 19.6 Å². The molecule has 4 aromatic carbocycles. The van der Waals surface area contributed by atoms with Crippen molar-refractivity contribution in [1.82, 2.24) is 4.57 Å². The van der Waals surface area contributed by atoms with E-state index in [-0.39, 0.29) is 18.1 Å². The van der Waals surface area contributed by atoms with Crippen molar-refractivity contribution in [3.05, 3.63) is 156 Å². The van der Waals surface area contributed by atoms with Gasteiger partial charge in [-0.05, 0) is 79.3 Å². The van der Waals surface area contributed by atoms with Crippen molar-refractivity contribution >= 4 is 46.8 Å². The molecule has 0 spiro atoms. The monoisotopic (exact) mass is 690 g/mol. The molecule has 0 saturated heterocycles. The van der Waals surface area contributed by atoms with E-state index in [2.05, 4.69) is 0 Å². The number of nitrogens with zero attached hydrogens (tertiary/aromatic N) is 2. The van der Waals surface area contributed by atoms with Crippen molar-refractivity contribution in [2.45, 2.75) is 31.4 Å². The first kappa shape index (κ1) is 33.7. The number of carbonyl (C=O) groups is 2. The number of aromatic nitrogens is 1. The first-order valence-corrected chi connectivity index (χ1v) is 17.9. The summed E-state index contributed by atoms with van der Waals surface area (Å²) in [7, 11) is 0. The minimum absolute atomic E-state index is 0.189. The van der Waals surface area contributed by atoms with Crippen LogP contribution in [0.25, 0.3) is 11.8 Å². The van der Waals surface area contributed by atoms with E-state index in [0.717, 1.165) is 27.1 Å². The van der Waals surface area contributed by atoms with E-state index in [1.165, 1.54) is 11.3 Å². The van der Waals surface area contributed by atoms with Crippen LogP contribution >= 0.6 is 23.1 Å². The molecule has 6 rings (SSSR count). The Bertz CT molecular complexity index is 2170. The standard InChI is InChI=1S/C39H34N2O6S2/c1-4-45-37(43)29-15-11-26(12-16-29)24-47-30-19-13-25(14-20-30)23-32-36(42)41-35(28-17-21-31(48-3)22-18-28)33(38(44)46-5-2)34(40-39(41)49-32)27-9-7-6-8-10-27/h6-23,35H,4-5,24H2,1-3H3/b32-23-/t35-/m0/s1. The zero-order chi connectivity index (χ0) is 34.3. The normalized spacial score (nSPS) is 14.2. The molecule has 1 aliphatic rings. The molecule has 8 nitrogen and oxygen atoms in total. The van der Waals surface area contributed by atoms with Crippen LogP contribution in [-0.4, -0.2) is 36.0 Å². The molecule has 0 radical (unpaired) electrons. The molecular formula is C39H34N2O6S2. The highest BCUT2D eigenvalue weighted by atomic mass is 32.2. The third kappa shape index (κ3) is 7.45. The topological polar surface area (TPSA) is 96.2 Å². The molecule has 5 aromatic rings. The van der Waals surface area contributed by atoms with E-state index >= 15 is 0 Å². The molecule has 49 heavy (non-hydrogen) atoms. The number of fused-ring (bicyclic) bond motifs is 1. The molecule has 2 heterocycles. The van der Waals surface area contributed by atoms with Gasteiger partial charge >= 0.3 is 11.9 Å². The summed E-state index contributed by atoms with van der Waals surface area (Å²) in [5, 5.41) is 0. The second-order valence-corrected chi connectivity index (χ2v) is 12.9. The molecule has 1 aliphatic heterocycles. The number of benzene rings is 4. The molecular weight excluding hydrogens is 657 g/mol. The summed E-state index contributed by atoms with van der Waals surface area (Å²) in [5.41, 5.74) is 4.33. The van der Waals surface area contributed by atoms with Crippen molar-refractivity contribution in [1.29, 1.82) is 0 Å². The van der Waals surface area contributed by atoms with Crippen molar-refractivity contribution in [2.24, 2.45) is 4.99 Å². The Labute approximate surface area is 292 Å². The van der Waals surface area contributed by atoms with Gasteiger partial charge in [-0.3, -0.25) is 9.36 Å². The van der Waals surface area contributed by atoms with Gasteiger partial charge in [-0.25, -0.2) is 14.6 Å². The fourth-order valence-corrected chi connectivity index (χ4v) is 6.88. The number of hydrogen-bond donors (Lipinski definition) is 0. The SMILES string of the molecule is CCOC(=O)C1=C(c2ccccc2)N=c2s/c(=C\c3ccc(OCc4ccc(C(=O)OCC)cc4)cc3)c(=O)n2[C@H]1c1ccc(SC)cc1. The molecule has 0 amide bonds. The summed E-state index contributed by atoms with van der Waals surface area (Å²) in [6.07, 6.45) is 3.83. The Kier molecular flexibility index (Phi) is 10.6. The quantitative estimate of drug-likeness (QED) is 0.117. The van der Waals surface area contributed by atoms with Crippen LogP contribution in [0.3, 0.4) is 0 Å². The van der Waals surface area contributed by atoms with Crippen LogP contribution in [0.1, 0.15) is 52.5 Å². The number of thioether (sulfide) groups is 1. The lowest BCUT2D eigenvalue weighted by molar-refractivity contribution is -0.138. The summed E-state index contributed by atoms with van der Waals surface area (Å²) >= 11 is 2.90. The van der Waals surface area contributed by atoms with Gasteiger partial charge in [0, 0.05) is 10.5 Å². The van der Waals surface area contributed by atoms with Gasteiger partial charge in [-0.15, -0.1) is 11.8 Å². The highest BCUT2D eigenvalue weighted by Gasteiger charge is 2.35.